The molecular formula is C21H23N5S. The first-order valence-electron chi connectivity index (χ1n) is 9.36. The van der Waals surface area contributed by atoms with Crippen LogP contribution in [0.25, 0.3) is 5.82 Å². The minimum Gasteiger partial charge on any atom is -0.352 e. The Balaban J connectivity index is 1.78. The van der Waals surface area contributed by atoms with Gasteiger partial charge in [0.05, 0.1) is 17.8 Å². The summed E-state index contributed by atoms with van der Waals surface area (Å²) in [5.74, 6) is 0.908. The van der Waals surface area contributed by atoms with Gasteiger partial charge in [-0.15, -0.1) is 0 Å². The molecule has 0 bridgehead atoms. The van der Waals surface area contributed by atoms with E-state index in [9.17, 15) is 0 Å². The van der Waals surface area contributed by atoms with Gasteiger partial charge in [0, 0.05) is 30.8 Å². The van der Waals surface area contributed by atoms with Gasteiger partial charge in [-0.3, -0.25) is 4.98 Å². The minimum absolute atomic E-state index is 0.00733. The van der Waals surface area contributed by atoms with Crippen LogP contribution in [0.5, 0.6) is 0 Å². The zero-order valence-electron chi connectivity index (χ0n) is 15.3. The predicted molar refractivity (Wildman–Crippen MR) is 111 cm³/mol. The largest absolute Gasteiger partial charge is 0.352 e. The van der Waals surface area contributed by atoms with Crippen molar-refractivity contribution in [1.82, 2.24) is 24.8 Å². The molecule has 3 aromatic heterocycles. The number of nitrogens with zero attached hydrogens (tertiary/aromatic N) is 4. The van der Waals surface area contributed by atoms with E-state index in [2.05, 4.69) is 56.1 Å². The highest BCUT2D eigenvalue weighted by Gasteiger charge is 2.40. The summed E-state index contributed by atoms with van der Waals surface area (Å²) in [5, 5.41) is 4.30. The molecule has 1 fully saturated rings. The lowest BCUT2D eigenvalue weighted by molar-refractivity contribution is 0.304. The van der Waals surface area contributed by atoms with Crippen molar-refractivity contribution in [3.8, 4) is 5.82 Å². The van der Waals surface area contributed by atoms with Crippen LogP contribution in [0.2, 0.25) is 0 Å². The molecule has 4 rings (SSSR count). The maximum atomic E-state index is 5.70. The van der Waals surface area contributed by atoms with Gasteiger partial charge in [0.15, 0.2) is 5.11 Å². The summed E-state index contributed by atoms with van der Waals surface area (Å²) < 4.78 is 2.15. The number of aromatic nitrogens is 3. The highest BCUT2D eigenvalue weighted by Crippen LogP contribution is 2.39. The van der Waals surface area contributed by atoms with Gasteiger partial charge < -0.3 is 14.8 Å². The maximum Gasteiger partial charge on any atom is 0.170 e. The third kappa shape index (κ3) is 3.45. The quantitative estimate of drug-likeness (QED) is 0.657. The third-order valence-corrected chi connectivity index (χ3v) is 5.28. The number of rotatable bonds is 6. The summed E-state index contributed by atoms with van der Waals surface area (Å²) in [6, 6.07) is 16.3. The van der Waals surface area contributed by atoms with Crippen molar-refractivity contribution in [3.63, 3.8) is 0 Å². The number of nitrogens with one attached hydrogen (secondary N) is 1. The van der Waals surface area contributed by atoms with Crippen LogP contribution in [-0.4, -0.2) is 31.1 Å². The lowest BCUT2D eigenvalue weighted by atomic mass is 10.0. The molecule has 5 nitrogen and oxygen atoms in total. The smallest absolute Gasteiger partial charge is 0.170 e. The molecule has 0 saturated carbocycles. The van der Waals surface area contributed by atoms with Crippen LogP contribution in [0.1, 0.15) is 43.2 Å². The second kappa shape index (κ2) is 7.88. The zero-order chi connectivity index (χ0) is 18.6. The van der Waals surface area contributed by atoms with E-state index < -0.39 is 0 Å². The van der Waals surface area contributed by atoms with Gasteiger partial charge in [0.2, 0.25) is 0 Å². The summed E-state index contributed by atoms with van der Waals surface area (Å²) in [4.78, 5) is 11.4. The van der Waals surface area contributed by atoms with Crippen molar-refractivity contribution in [3.05, 3.63) is 78.5 Å². The van der Waals surface area contributed by atoms with Crippen molar-refractivity contribution in [1.29, 1.82) is 0 Å². The average Bonchev–Trinajstić information content (AvgIpc) is 3.32. The summed E-state index contributed by atoms with van der Waals surface area (Å²) in [6.07, 6.45) is 7.94. The first kappa shape index (κ1) is 17.7. The Morgan fingerprint density at radius 3 is 2.56 bits per heavy atom. The molecule has 1 N–H and O–H groups in total. The SMILES string of the molecule is CCCCN1C(=S)N[C@@H](c2ccccn2)[C@H]1c1cccn1-c1ccccn1. The Bertz CT molecular complexity index is 893. The monoisotopic (exact) mass is 377 g/mol. The molecule has 6 heteroatoms. The Hall–Kier alpha value is -2.73. The molecule has 0 aliphatic carbocycles. The van der Waals surface area contributed by atoms with E-state index >= 15 is 0 Å². The van der Waals surface area contributed by atoms with E-state index in [-0.39, 0.29) is 12.1 Å². The number of hydrogen-bond acceptors (Lipinski definition) is 3. The molecule has 0 radical (unpaired) electrons. The normalized spacial score (nSPS) is 19.3. The van der Waals surface area contributed by atoms with E-state index in [1.807, 2.05) is 42.7 Å². The molecule has 3 aromatic rings. The molecule has 1 aliphatic rings. The molecule has 0 unspecified atom stereocenters. The number of unbranched alkanes of at least 4 members (excludes halogenated alkanes) is 1. The average molecular weight is 378 g/mol. The second-order valence-electron chi connectivity index (χ2n) is 6.66. The summed E-state index contributed by atoms with van der Waals surface area (Å²) >= 11 is 5.70. The van der Waals surface area contributed by atoms with Gasteiger partial charge in [-0.2, -0.15) is 0 Å². The van der Waals surface area contributed by atoms with Crippen LogP contribution < -0.4 is 5.32 Å². The van der Waals surface area contributed by atoms with Crippen molar-refractivity contribution in [2.24, 2.45) is 0 Å². The van der Waals surface area contributed by atoms with Crippen LogP contribution in [0.3, 0.4) is 0 Å². The topological polar surface area (TPSA) is 46.0 Å². The minimum atomic E-state index is 0.00733. The number of hydrogen-bond donors (Lipinski definition) is 1. The highest BCUT2D eigenvalue weighted by atomic mass is 32.1. The Morgan fingerprint density at radius 1 is 1.04 bits per heavy atom. The fraction of sp³-hybridized carbons (Fsp3) is 0.286. The summed E-state index contributed by atoms with van der Waals surface area (Å²) in [5.41, 5.74) is 2.16. The van der Waals surface area contributed by atoms with Gasteiger partial charge in [0.1, 0.15) is 5.82 Å². The fourth-order valence-corrected chi connectivity index (χ4v) is 3.97. The van der Waals surface area contributed by atoms with Crippen molar-refractivity contribution in [2.45, 2.75) is 31.8 Å². The van der Waals surface area contributed by atoms with Gasteiger partial charge >= 0.3 is 0 Å². The summed E-state index contributed by atoms with van der Waals surface area (Å²) in [7, 11) is 0. The third-order valence-electron chi connectivity index (χ3n) is 4.93. The lowest BCUT2D eigenvalue weighted by Crippen LogP contribution is -2.31. The van der Waals surface area contributed by atoms with E-state index in [1.54, 1.807) is 0 Å². The van der Waals surface area contributed by atoms with Gasteiger partial charge in [-0.1, -0.05) is 25.5 Å². The molecule has 27 heavy (non-hydrogen) atoms. The second-order valence-corrected chi connectivity index (χ2v) is 7.05. The first-order valence-corrected chi connectivity index (χ1v) is 9.77. The molecule has 138 valence electrons. The van der Waals surface area contributed by atoms with E-state index in [1.165, 1.54) is 0 Å². The van der Waals surface area contributed by atoms with Crippen LogP contribution in [0.15, 0.2) is 67.1 Å². The van der Waals surface area contributed by atoms with E-state index in [0.717, 1.165) is 41.7 Å². The summed E-state index contributed by atoms with van der Waals surface area (Å²) in [6.45, 7) is 3.12. The van der Waals surface area contributed by atoms with E-state index in [0.29, 0.717) is 0 Å². The van der Waals surface area contributed by atoms with Gasteiger partial charge in [-0.25, -0.2) is 4.98 Å². The van der Waals surface area contributed by atoms with Crippen LogP contribution >= 0.6 is 12.2 Å². The molecule has 0 amide bonds. The number of pyridine rings is 2. The zero-order valence-corrected chi connectivity index (χ0v) is 16.1. The van der Waals surface area contributed by atoms with Crippen LogP contribution in [0.4, 0.5) is 0 Å². The molecule has 0 aromatic carbocycles. The predicted octanol–water partition coefficient (Wildman–Crippen LogP) is 4.04. The van der Waals surface area contributed by atoms with Gasteiger partial charge in [0.25, 0.3) is 0 Å². The molecular weight excluding hydrogens is 354 g/mol. The molecule has 1 saturated heterocycles. The highest BCUT2D eigenvalue weighted by molar-refractivity contribution is 7.80. The Kier molecular flexibility index (Phi) is 5.16. The van der Waals surface area contributed by atoms with Crippen LogP contribution in [-0.2, 0) is 0 Å². The van der Waals surface area contributed by atoms with Crippen LogP contribution in [0, 0.1) is 0 Å². The lowest BCUT2D eigenvalue weighted by Gasteiger charge is -2.28. The number of thiocarbonyl (C=S) groups is 1. The maximum absolute atomic E-state index is 5.70. The Morgan fingerprint density at radius 2 is 1.85 bits per heavy atom. The fourth-order valence-electron chi connectivity index (χ4n) is 3.64. The standard InChI is InChI=1S/C21H23N5S/c1-2-3-14-26-20(19(24-21(26)27)16-9-4-6-12-22-16)17-10-8-15-25(17)18-11-5-7-13-23-18/h4-13,15,19-20H,2-3,14H2,1H3,(H,24,27)/t19-,20+/m0/s1. The van der Waals surface area contributed by atoms with Gasteiger partial charge in [-0.05, 0) is 55.0 Å². The molecule has 4 heterocycles. The Labute approximate surface area is 165 Å². The van der Waals surface area contributed by atoms with Crippen molar-refractivity contribution >= 4 is 17.3 Å². The van der Waals surface area contributed by atoms with E-state index in [4.69, 9.17) is 12.2 Å². The first-order chi connectivity index (χ1) is 13.3. The van der Waals surface area contributed by atoms with Crippen molar-refractivity contribution in [2.75, 3.05) is 6.54 Å². The van der Waals surface area contributed by atoms with Crippen molar-refractivity contribution < 1.29 is 0 Å². The molecule has 2 atom stereocenters. The molecule has 1 aliphatic heterocycles. The molecule has 0 spiro atoms.